The zero-order valence-electron chi connectivity index (χ0n) is 13.2. The fraction of sp³-hybridized carbons (Fsp3) is 0.250. The van der Waals surface area contributed by atoms with Crippen molar-refractivity contribution < 1.29 is 21.9 Å². The van der Waals surface area contributed by atoms with E-state index in [-0.39, 0.29) is 10.6 Å². The molecule has 2 atom stereocenters. The van der Waals surface area contributed by atoms with Crippen molar-refractivity contribution in [2.45, 2.75) is 17.0 Å². The van der Waals surface area contributed by atoms with Crippen LogP contribution in [0, 0.1) is 0 Å². The smallest absolute Gasteiger partial charge is 0.264 e. The van der Waals surface area contributed by atoms with Crippen molar-refractivity contribution in [3.05, 3.63) is 54.6 Å². The summed E-state index contributed by atoms with van der Waals surface area (Å²) in [7, 11) is -7.59. The van der Waals surface area contributed by atoms with E-state index in [9.17, 15) is 21.9 Å². The highest BCUT2D eigenvalue weighted by atomic mass is 32.2. The van der Waals surface area contributed by atoms with Gasteiger partial charge in [0.15, 0.2) is 9.84 Å². The fourth-order valence-corrected chi connectivity index (χ4v) is 6.43. The van der Waals surface area contributed by atoms with Crippen LogP contribution in [0.25, 0.3) is 0 Å². The lowest BCUT2D eigenvalue weighted by Gasteiger charge is -2.31. The topological polar surface area (TPSA) is 118 Å². The van der Waals surface area contributed by atoms with Crippen LogP contribution in [0.5, 0.6) is 0 Å². The number of anilines is 2. The van der Waals surface area contributed by atoms with E-state index in [1.54, 1.807) is 18.2 Å². The van der Waals surface area contributed by atoms with Gasteiger partial charge in [0.25, 0.3) is 10.0 Å². The Morgan fingerprint density at radius 2 is 1.60 bits per heavy atom. The van der Waals surface area contributed by atoms with Crippen molar-refractivity contribution in [3.63, 3.8) is 0 Å². The third-order valence-corrected chi connectivity index (χ3v) is 7.61. The molecule has 2 aromatic rings. The van der Waals surface area contributed by atoms with Gasteiger partial charge >= 0.3 is 0 Å². The standard InChI is InChI=1S/C16H18N2O5S2/c17-12-6-8-13(9-7-12)18(15-10-24(20,21)11-16(15)19)25(22,23)14-4-2-1-3-5-14/h1-9,15-16,19H,10-11,17H2/t15-,16+/m1/s1. The predicted octanol–water partition coefficient (Wildman–Crippen LogP) is 0.622. The summed E-state index contributed by atoms with van der Waals surface area (Å²) in [5.74, 6) is -0.905. The minimum absolute atomic E-state index is 0.0170. The zero-order chi connectivity index (χ0) is 18.2. The SMILES string of the molecule is Nc1ccc(N([C@@H]2CS(=O)(=O)C[C@@H]2O)S(=O)(=O)c2ccccc2)cc1. The largest absolute Gasteiger partial charge is 0.399 e. The first-order valence-corrected chi connectivity index (χ1v) is 10.8. The summed E-state index contributed by atoms with van der Waals surface area (Å²) < 4.78 is 51.1. The van der Waals surface area contributed by atoms with E-state index in [0.717, 1.165) is 4.31 Å². The number of hydrogen-bond acceptors (Lipinski definition) is 6. The van der Waals surface area contributed by atoms with E-state index in [4.69, 9.17) is 5.73 Å². The van der Waals surface area contributed by atoms with Crippen LogP contribution in [0.3, 0.4) is 0 Å². The summed E-state index contributed by atoms with van der Waals surface area (Å²) in [5, 5.41) is 10.2. The Bertz CT molecular complexity index is 957. The highest BCUT2D eigenvalue weighted by molar-refractivity contribution is 7.93. The molecule has 0 amide bonds. The molecule has 2 aromatic carbocycles. The Morgan fingerprint density at radius 1 is 1.00 bits per heavy atom. The van der Waals surface area contributed by atoms with Gasteiger partial charge in [0, 0.05) is 5.69 Å². The van der Waals surface area contributed by atoms with Gasteiger partial charge in [-0.05, 0) is 36.4 Å². The van der Waals surface area contributed by atoms with Gasteiger partial charge in [-0.3, -0.25) is 4.31 Å². The van der Waals surface area contributed by atoms with Crippen molar-refractivity contribution in [2.24, 2.45) is 0 Å². The molecule has 1 fully saturated rings. The Labute approximate surface area is 146 Å². The van der Waals surface area contributed by atoms with E-state index < -0.39 is 43.5 Å². The molecule has 3 rings (SSSR count). The first-order chi connectivity index (χ1) is 11.7. The lowest BCUT2D eigenvalue weighted by Crippen LogP contribution is -2.47. The van der Waals surface area contributed by atoms with Crippen LogP contribution in [-0.4, -0.2) is 45.6 Å². The Morgan fingerprint density at radius 3 is 2.12 bits per heavy atom. The maximum absolute atomic E-state index is 13.2. The molecular formula is C16H18N2O5S2. The minimum atomic E-state index is -4.07. The number of sulfone groups is 1. The molecule has 1 saturated heterocycles. The number of nitrogen functional groups attached to an aromatic ring is 1. The molecule has 0 radical (unpaired) electrons. The van der Waals surface area contributed by atoms with E-state index >= 15 is 0 Å². The molecule has 25 heavy (non-hydrogen) atoms. The lowest BCUT2D eigenvalue weighted by molar-refractivity contribution is 0.184. The minimum Gasteiger partial charge on any atom is -0.399 e. The van der Waals surface area contributed by atoms with Gasteiger partial charge in [-0.1, -0.05) is 18.2 Å². The van der Waals surface area contributed by atoms with Gasteiger partial charge in [0.1, 0.15) is 0 Å². The number of sulfonamides is 1. The van der Waals surface area contributed by atoms with Gasteiger partial charge < -0.3 is 10.8 Å². The van der Waals surface area contributed by atoms with Crippen molar-refractivity contribution >= 4 is 31.2 Å². The molecule has 0 bridgehead atoms. The molecule has 134 valence electrons. The molecule has 1 heterocycles. The van der Waals surface area contributed by atoms with Gasteiger partial charge in [-0.2, -0.15) is 0 Å². The monoisotopic (exact) mass is 382 g/mol. The predicted molar refractivity (Wildman–Crippen MR) is 95.4 cm³/mol. The molecule has 7 nitrogen and oxygen atoms in total. The van der Waals surface area contributed by atoms with Crippen LogP contribution in [0.4, 0.5) is 11.4 Å². The van der Waals surface area contributed by atoms with Gasteiger partial charge in [0.2, 0.25) is 0 Å². The first kappa shape index (κ1) is 17.7. The molecule has 1 aliphatic rings. The van der Waals surface area contributed by atoms with E-state index in [2.05, 4.69) is 0 Å². The van der Waals surface area contributed by atoms with Gasteiger partial charge in [-0.25, -0.2) is 16.8 Å². The van der Waals surface area contributed by atoms with Crippen molar-refractivity contribution in [1.29, 1.82) is 0 Å². The number of aliphatic hydroxyl groups is 1. The van der Waals surface area contributed by atoms with E-state index in [0.29, 0.717) is 5.69 Å². The van der Waals surface area contributed by atoms with Crippen LogP contribution in [0.15, 0.2) is 59.5 Å². The van der Waals surface area contributed by atoms with Crippen LogP contribution >= 0.6 is 0 Å². The zero-order valence-corrected chi connectivity index (χ0v) is 14.8. The van der Waals surface area contributed by atoms with Crippen LogP contribution in [0.1, 0.15) is 0 Å². The van der Waals surface area contributed by atoms with Crippen molar-refractivity contribution in [1.82, 2.24) is 0 Å². The average molecular weight is 382 g/mol. The van der Waals surface area contributed by atoms with Crippen LogP contribution in [-0.2, 0) is 19.9 Å². The quantitative estimate of drug-likeness (QED) is 0.749. The summed E-state index contributed by atoms with van der Waals surface area (Å²) in [6.45, 7) is 0. The number of rotatable bonds is 4. The highest BCUT2D eigenvalue weighted by Gasteiger charge is 2.44. The molecular weight excluding hydrogens is 364 g/mol. The first-order valence-electron chi connectivity index (χ1n) is 7.54. The van der Waals surface area contributed by atoms with Crippen LogP contribution in [0.2, 0.25) is 0 Å². The van der Waals surface area contributed by atoms with Crippen molar-refractivity contribution in [2.75, 3.05) is 21.5 Å². The van der Waals surface area contributed by atoms with Crippen molar-refractivity contribution in [3.8, 4) is 0 Å². The molecule has 1 aliphatic heterocycles. The maximum Gasteiger partial charge on any atom is 0.264 e. The molecule has 0 aromatic heterocycles. The Kier molecular flexibility index (Phi) is 4.48. The second-order valence-electron chi connectivity index (χ2n) is 5.92. The summed E-state index contributed by atoms with van der Waals surface area (Å²) >= 11 is 0. The highest BCUT2D eigenvalue weighted by Crippen LogP contribution is 2.31. The summed E-state index contributed by atoms with van der Waals surface area (Å²) in [6.07, 6.45) is -1.30. The fourth-order valence-electron chi connectivity index (χ4n) is 2.87. The molecule has 0 aliphatic carbocycles. The third-order valence-electron chi connectivity index (χ3n) is 4.04. The Hall–Kier alpha value is -2.10. The number of hydrogen-bond donors (Lipinski definition) is 2. The maximum atomic E-state index is 13.2. The molecule has 3 N–H and O–H groups in total. The van der Waals surface area contributed by atoms with E-state index in [1.165, 1.54) is 36.4 Å². The van der Waals surface area contributed by atoms with E-state index in [1.807, 2.05) is 0 Å². The second kappa shape index (κ2) is 6.32. The average Bonchev–Trinajstić information content (AvgIpc) is 2.83. The lowest BCUT2D eigenvalue weighted by atomic mass is 10.2. The number of nitrogens with zero attached hydrogens (tertiary/aromatic N) is 1. The molecule has 0 unspecified atom stereocenters. The molecule has 9 heteroatoms. The van der Waals surface area contributed by atoms with Gasteiger partial charge in [-0.15, -0.1) is 0 Å². The molecule has 0 saturated carbocycles. The number of aliphatic hydroxyl groups excluding tert-OH is 1. The summed E-state index contributed by atoms with van der Waals surface area (Å²) in [6, 6.07) is 12.6. The van der Waals surface area contributed by atoms with Gasteiger partial charge in [0.05, 0.1) is 34.2 Å². The normalized spacial score (nSPS) is 22.6. The molecule has 0 spiro atoms. The summed E-state index contributed by atoms with van der Waals surface area (Å²) in [4.78, 5) is 0.0170. The number of benzene rings is 2. The Balaban J connectivity index is 2.15. The third kappa shape index (κ3) is 3.48. The summed E-state index contributed by atoms with van der Waals surface area (Å²) in [5.41, 5.74) is 6.35. The second-order valence-corrected chi connectivity index (χ2v) is 9.89. The van der Waals surface area contributed by atoms with Crippen LogP contribution < -0.4 is 10.0 Å². The number of nitrogens with two attached hydrogens (primary N) is 1.